The van der Waals surface area contributed by atoms with Crippen LogP contribution in [-0.2, 0) is 19.9 Å². The van der Waals surface area contributed by atoms with Crippen molar-refractivity contribution < 1.29 is 39.2 Å². The number of Topliss-reactive ketones (excluding diaryl/α,β-unsaturated/α-hetero) is 1. The molecule has 5 atom stereocenters. The van der Waals surface area contributed by atoms with Crippen LogP contribution in [0.4, 0.5) is 0 Å². The molecule has 4 rings (SSSR count). The van der Waals surface area contributed by atoms with Gasteiger partial charge < -0.3 is 25.4 Å². The van der Waals surface area contributed by atoms with Crippen LogP contribution in [0.2, 0.25) is 0 Å². The van der Waals surface area contributed by atoms with E-state index in [-0.39, 0.29) is 51.6 Å². The third-order valence-corrected chi connectivity index (χ3v) is 7.77. The van der Waals surface area contributed by atoms with Gasteiger partial charge in [-0.05, 0) is 64.2 Å². The number of hydrogen-bond acceptors (Lipinski definition) is 8. The predicted octanol–water partition coefficient (Wildman–Crippen LogP) is 3.46. The largest absolute Gasteiger partial charge is 0.507 e. The number of nitrogens with one attached hydrogen (secondary N) is 1. The number of aromatic hydroxyl groups is 1. The van der Waals surface area contributed by atoms with Crippen molar-refractivity contribution in [2.24, 2.45) is 11.8 Å². The number of aliphatic hydroxyl groups excluding tert-OH is 1. The van der Waals surface area contributed by atoms with Gasteiger partial charge in [0.25, 0.3) is 0 Å². The average molecular weight is 550 g/mol. The number of rotatable bonds is 2. The molecule has 0 radical (unpaired) electrons. The summed E-state index contributed by atoms with van der Waals surface area (Å²) >= 11 is 0. The third kappa shape index (κ3) is 5.07. The molecule has 3 aliphatic rings. The molecule has 0 saturated carbocycles. The molecule has 0 spiro atoms. The van der Waals surface area contributed by atoms with E-state index in [1.165, 1.54) is 25.1 Å². The highest BCUT2D eigenvalue weighted by molar-refractivity contribution is 6.17. The molecule has 40 heavy (non-hydrogen) atoms. The number of allylic oxidation sites excluding steroid dienone is 3. The minimum absolute atomic E-state index is 0.000776. The van der Waals surface area contributed by atoms with Crippen LogP contribution in [0.25, 0.3) is 0 Å². The molecule has 1 aromatic rings. The highest BCUT2D eigenvalue weighted by Gasteiger charge is 2.55. The molecule has 2 aliphatic heterocycles. The summed E-state index contributed by atoms with van der Waals surface area (Å²) in [5.74, 6) is -4.41. The van der Waals surface area contributed by atoms with E-state index in [2.05, 4.69) is 5.32 Å². The van der Waals surface area contributed by atoms with E-state index in [1.54, 1.807) is 32.9 Å². The summed E-state index contributed by atoms with van der Waals surface area (Å²) in [5.41, 5.74) is -1.48. The Kier molecular flexibility index (Phi) is 8.01. The lowest BCUT2D eigenvalue weighted by Gasteiger charge is -2.34. The Balaban J connectivity index is 1.95. The number of esters is 1. The second-order valence-corrected chi connectivity index (χ2v) is 11.0. The number of benzene rings is 1. The molecule has 1 fully saturated rings. The van der Waals surface area contributed by atoms with Crippen LogP contribution < -0.4 is 5.32 Å². The number of phenolic OH excluding ortho intramolecular Hbond substituents is 1. The molecule has 9 heteroatoms. The number of hydrogen-bond donors (Lipinski definition) is 4. The number of aliphatic hydroxyl groups is 2. The van der Waals surface area contributed by atoms with Crippen LogP contribution >= 0.6 is 0 Å². The summed E-state index contributed by atoms with van der Waals surface area (Å²) < 4.78 is 5.62. The fraction of sp³-hybridized carbons (Fsp3) is 0.419. The van der Waals surface area contributed by atoms with E-state index in [0.29, 0.717) is 12.8 Å². The molecular formula is C31H35NO8. The van der Waals surface area contributed by atoms with Gasteiger partial charge in [0.2, 0.25) is 5.91 Å². The van der Waals surface area contributed by atoms with E-state index in [4.69, 9.17) is 4.74 Å². The Morgan fingerprint density at radius 2 is 1.85 bits per heavy atom. The standard InChI is InChI=1S/C31H35NO8/c1-6-18-7-9-21(33)24(11-15(2)3)40-30(38)17(5)13-20-29(37)32-25-14-23(35)26-19(31(20,25)39)12-16(4)28(36)27(26)22(34)10-8-18/h7,9,11-14,18,20-21,24,33,36,39H,6,8,10H2,1-5H3,(H,32,37)/b9-7+,17-13-/t18-,20+,21+,24+,31-/m0/s1. The highest BCUT2D eigenvalue weighted by Crippen LogP contribution is 2.49. The van der Waals surface area contributed by atoms with E-state index < -0.39 is 47.2 Å². The van der Waals surface area contributed by atoms with Crippen molar-refractivity contribution in [3.8, 4) is 5.75 Å². The average Bonchev–Trinajstić information content (AvgIpc) is 3.13. The van der Waals surface area contributed by atoms with Crippen LogP contribution in [0.15, 0.2) is 53.3 Å². The van der Waals surface area contributed by atoms with Crippen molar-refractivity contribution in [2.45, 2.75) is 71.7 Å². The number of ether oxygens (including phenoxy) is 1. The molecule has 1 aliphatic carbocycles. The topological polar surface area (TPSA) is 150 Å². The maximum atomic E-state index is 13.5. The van der Waals surface area contributed by atoms with Crippen LogP contribution in [0.1, 0.15) is 78.8 Å². The number of cyclic esters (lactones) is 1. The zero-order chi connectivity index (χ0) is 29.5. The molecule has 4 bridgehead atoms. The van der Waals surface area contributed by atoms with Crippen molar-refractivity contribution in [2.75, 3.05) is 0 Å². The van der Waals surface area contributed by atoms with Crippen molar-refractivity contribution in [3.63, 3.8) is 0 Å². The second-order valence-electron chi connectivity index (χ2n) is 11.0. The second kappa shape index (κ2) is 11.0. The van der Waals surface area contributed by atoms with Gasteiger partial charge in [0.15, 0.2) is 11.6 Å². The summed E-state index contributed by atoms with van der Waals surface area (Å²) in [5, 5.41) is 36.4. The number of amides is 1. The maximum Gasteiger partial charge on any atom is 0.334 e. The summed E-state index contributed by atoms with van der Waals surface area (Å²) in [7, 11) is 0. The number of ketones is 2. The Morgan fingerprint density at radius 3 is 2.50 bits per heavy atom. The van der Waals surface area contributed by atoms with Gasteiger partial charge >= 0.3 is 5.97 Å². The summed E-state index contributed by atoms with van der Waals surface area (Å²) in [6.45, 7) is 8.50. The molecule has 212 valence electrons. The van der Waals surface area contributed by atoms with E-state index in [1.807, 2.05) is 6.92 Å². The quantitative estimate of drug-likeness (QED) is 0.324. The predicted molar refractivity (Wildman–Crippen MR) is 146 cm³/mol. The molecule has 1 amide bonds. The van der Waals surface area contributed by atoms with Crippen LogP contribution in [0.5, 0.6) is 5.75 Å². The molecule has 1 saturated heterocycles. The van der Waals surface area contributed by atoms with Gasteiger partial charge in [-0.1, -0.05) is 30.7 Å². The molecular weight excluding hydrogens is 514 g/mol. The smallest absolute Gasteiger partial charge is 0.334 e. The number of carbonyl (C=O) groups excluding carboxylic acids is 4. The van der Waals surface area contributed by atoms with E-state index in [9.17, 15) is 34.5 Å². The molecule has 2 heterocycles. The van der Waals surface area contributed by atoms with Gasteiger partial charge in [0.1, 0.15) is 23.6 Å². The Hall–Kier alpha value is -3.82. The van der Waals surface area contributed by atoms with Crippen LogP contribution in [-0.4, -0.2) is 51.0 Å². The minimum Gasteiger partial charge on any atom is -0.507 e. The van der Waals surface area contributed by atoms with Crippen molar-refractivity contribution in [1.29, 1.82) is 0 Å². The van der Waals surface area contributed by atoms with Crippen LogP contribution in [0.3, 0.4) is 0 Å². The van der Waals surface area contributed by atoms with Gasteiger partial charge in [-0.25, -0.2) is 4.79 Å². The van der Waals surface area contributed by atoms with Crippen LogP contribution in [0, 0.1) is 18.8 Å². The lowest BCUT2D eigenvalue weighted by Crippen LogP contribution is -2.39. The van der Waals surface area contributed by atoms with E-state index in [0.717, 1.165) is 11.6 Å². The number of carbonyl (C=O) groups is 4. The Morgan fingerprint density at radius 1 is 1.15 bits per heavy atom. The van der Waals surface area contributed by atoms with Crippen molar-refractivity contribution in [1.82, 2.24) is 5.32 Å². The van der Waals surface area contributed by atoms with Crippen molar-refractivity contribution in [3.05, 3.63) is 75.5 Å². The fourth-order valence-electron chi connectivity index (χ4n) is 5.48. The molecule has 0 unspecified atom stereocenters. The monoisotopic (exact) mass is 549 g/mol. The Labute approximate surface area is 232 Å². The van der Waals surface area contributed by atoms with Crippen molar-refractivity contribution >= 4 is 23.4 Å². The molecule has 9 nitrogen and oxygen atoms in total. The number of aryl methyl sites for hydroxylation is 1. The normalized spacial score (nSPS) is 30.9. The van der Waals surface area contributed by atoms with Gasteiger partial charge in [-0.2, -0.15) is 0 Å². The zero-order valence-corrected chi connectivity index (χ0v) is 23.3. The number of phenols is 1. The fourth-order valence-corrected chi connectivity index (χ4v) is 5.48. The van der Waals surface area contributed by atoms with Gasteiger partial charge in [-0.15, -0.1) is 0 Å². The molecule has 0 aromatic heterocycles. The van der Waals surface area contributed by atoms with Gasteiger partial charge in [0, 0.05) is 29.2 Å². The first kappa shape index (κ1) is 29.2. The lowest BCUT2D eigenvalue weighted by atomic mass is 9.72. The Bertz CT molecular complexity index is 1410. The highest BCUT2D eigenvalue weighted by atomic mass is 16.6. The minimum atomic E-state index is -2.10. The summed E-state index contributed by atoms with van der Waals surface area (Å²) in [4.78, 5) is 53.1. The SMILES string of the molecule is CC[C@H]1/C=C/[C@@H](O)[C@@H](C=C(C)C)OC(=O)/C(C)=C\[C@@H]2C(=O)NC3=CC(=O)c4c(cc(C)c(O)c4C(=O)CC1)[C@@]32O. The van der Waals surface area contributed by atoms with Gasteiger partial charge in [0.05, 0.1) is 17.2 Å². The zero-order valence-electron chi connectivity index (χ0n) is 23.3. The summed E-state index contributed by atoms with van der Waals surface area (Å²) in [6, 6.07) is 1.40. The first-order chi connectivity index (χ1) is 18.8. The summed E-state index contributed by atoms with van der Waals surface area (Å²) in [6.07, 6.45) is 6.01. The molecule has 1 aromatic carbocycles. The molecule has 4 N–H and O–H groups in total. The third-order valence-electron chi connectivity index (χ3n) is 7.77. The van der Waals surface area contributed by atoms with Gasteiger partial charge in [-0.3, -0.25) is 14.4 Å². The lowest BCUT2D eigenvalue weighted by molar-refractivity contribution is -0.145. The first-order valence-electron chi connectivity index (χ1n) is 13.4. The maximum absolute atomic E-state index is 13.5. The van der Waals surface area contributed by atoms with E-state index >= 15 is 0 Å². The first-order valence-corrected chi connectivity index (χ1v) is 13.4.